The summed E-state index contributed by atoms with van der Waals surface area (Å²) < 4.78 is 57.6. The lowest BCUT2D eigenvalue weighted by Gasteiger charge is -2.14. The zero-order valence-corrected chi connectivity index (χ0v) is 5.42. The van der Waals surface area contributed by atoms with E-state index in [-0.39, 0.29) is 0 Å². The molecule has 0 aliphatic carbocycles. The van der Waals surface area contributed by atoms with Crippen LogP contribution in [0.1, 0.15) is 30.5 Å². The number of nitrogen functional groups attached to an aromatic ring is 1. The van der Waals surface area contributed by atoms with Crippen LogP contribution in [0.2, 0.25) is 0 Å². The lowest BCUT2D eigenvalue weighted by molar-refractivity contribution is 0.0687. The molecule has 1 heterocycles. The fourth-order valence-corrected chi connectivity index (χ4v) is 0.438. The predicted molar refractivity (Wildman–Crippen MR) is 41.7 cm³/mol. The largest absolute Gasteiger partial charge is 0.396 e. The van der Waals surface area contributed by atoms with E-state index in [1.54, 1.807) is 0 Å². The summed E-state index contributed by atoms with van der Waals surface area (Å²) in [5, 5.41) is 10.0. The van der Waals surface area contributed by atoms with Gasteiger partial charge in [0.25, 0.3) is 0 Å². The molecular weight excluding hydrogens is 142 g/mol. The molecule has 0 bridgehead atoms. The van der Waals surface area contributed by atoms with Gasteiger partial charge in [0.2, 0.25) is 0 Å². The lowest BCUT2D eigenvalue weighted by Crippen LogP contribution is -2.19. The van der Waals surface area contributed by atoms with Crippen LogP contribution in [-0.2, 0) is 5.60 Å². The predicted octanol–water partition coefficient (Wildman–Crippen LogP) is 0.286. The molecule has 3 N–H and O–H groups in total. The first-order valence-corrected chi connectivity index (χ1v) is 2.66. The van der Waals surface area contributed by atoms with E-state index in [0.29, 0.717) is 0 Å². The minimum atomic E-state index is -3.38. The smallest absolute Gasteiger partial charge is 0.159 e. The molecule has 0 aromatic carbocycles. The van der Waals surface area contributed by atoms with E-state index < -0.39 is 43.2 Å². The van der Waals surface area contributed by atoms with Crippen molar-refractivity contribution in [3.8, 4) is 0 Å². The molecule has 0 unspecified atom stereocenters. The monoisotopic (exact) mass is 161 g/mol. The van der Waals surface area contributed by atoms with Crippen molar-refractivity contribution in [2.75, 3.05) is 5.73 Å². The molecule has 4 heteroatoms. The first kappa shape index (κ1) is 2.42. The summed E-state index contributed by atoms with van der Waals surface area (Å²) in [5.41, 5.74) is 1.43. The molecule has 0 radical (unpaired) electrons. The number of aromatic nitrogens is 2. The van der Waals surface area contributed by atoms with Gasteiger partial charge in [0.05, 0.1) is 20.8 Å². The van der Waals surface area contributed by atoms with Gasteiger partial charge >= 0.3 is 0 Å². The number of nitrogens with two attached hydrogens (primary N) is 1. The van der Waals surface area contributed by atoms with Crippen molar-refractivity contribution >= 4 is 5.69 Å². The van der Waals surface area contributed by atoms with Crippen LogP contribution in [0.4, 0.5) is 5.69 Å². The third kappa shape index (κ3) is 1.88. The van der Waals surface area contributed by atoms with E-state index in [4.69, 9.17) is 16.7 Å². The molecule has 0 saturated carbocycles. The van der Waals surface area contributed by atoms with Crippen LogP contribution in [0.5, 0.6) is 0 Å². The average Bonchev–Trinajstić information content (AvgIpc) is 2.20. The SMILES string of the molecule is [2H]c1nc(C(O)(C([2H])([2H])[2H])C([2H])([2H])[2H])nc([2H])c1N. The Morgan fingerprint density at radius 1 is 1.64 bits per heavy atom. The molecule has 0 aliphatic rings. The van der Waals surface area contributed by atoms with Gasteiger partial charge in [-0.3, -0.25) is 0 Å². The van der Waals surface area contributed by atoms with Crippen molar-refractivity contribution < 1.29 is 16.1 Å². The van der Waals surface area contributed by atoms with Crippen molar-refractivity contribution in [1.29, 1.82) is 0 Å². The Bertz CT molecular complexity index is 459. The van der Waals surface area contributed by atoms with Gasteiger partial charge in [0, 0.05) is 8.22 Å². The highest BCUT2D eigenvalue weighted by molar-refractivity contribution is 5.30. The fourth-order valence-electron chi connectivity index (χ4n) is 0.438. The van der Waals surface area contributed by atoms with Gasteiger partial charge in [-0.25, -0.2) is 9.97 Å². The van der Waals surface area contributed by atoms with E-state index in [1.807, 2.05) is 0 Å². The van der Waals surface area contributed by atoms with Crippen molar-refractivity contribution in [3.05, 3.63) is 18.2 Å². The third-order valence-corrected chi connectivity index (χ3v) is 0.888. The molecule has 0 fully saturated rings. The maximum atomic E-state index is 10.0. The Hall–Kier alpha value is -1.16. The zero-order valence-electron chi connectivity index (χ0n) is 13.4. The molecule has 0 aliphatic heterocycles. The van der Waals surface area contributed by atoms with Crippen LogP contribution in [0.25, 0.3) is 0 Å². The quantitative estimate of drug-likeness (QED) is 0.620. The average molecular weight is 161 g/mol. The molecule has 0 amide bonds. The number of hydrogen-bond donors (Lipinski definition) is 2. The van der Waals surface area contributed by atoms with Crippen LogP contribution in [0, 0.1) is 0 Å². The Morgan fingerprint density at radius 2 is 2.18 bits per heavy atom. The van der Waals surface area contributed by atoms with Gasteiger partial charge in [-0.15, -0.1) is 0 Å². The molecule has 60 valence electrons. The second-order valence-corrected chi connectivity index (χ2v) is 1.89. The van der Waals surface area contributed by atoms with Gasteiger partial charge in [0.1, 0.15) is 5.60 Å². The summed E-state index contributed by atoms with van der Waals surface area (Å²) in [5.74, 6) is -1.04. The summed E-state index contributed by atoms with van der Waals surface area (Å²) in [6, 6.07) is 0. The number of nitrogens with zero attached hydrogens (tertiary/aromatic N) is 2. The van der Waals surface area contributed by atoms with E-state index in [9.17, 15) is 5.11 Å². The van der Waals surface area contributed by atoms with Crippen LogP contribution < -0.4 is 5.73 Å². The first-order valence-electron chi connectivity index (χ1n) is 6.66. The molecule has 0 spiro atoms. The van der Waals surface area contributed by atoms with E-state index in [0.717, 1.165) is 0 Å². The standard InChI is InChI=1S/C7H11N3O/c1-7(2,11)6-9-3-5(8)4-10-6/h3-4,11H,8H2,1-2H3/i1D3,2D3,3D,4D. The molecule has 1 rings (SSSR count). The molecule has 0 saturated heterocycles. The molecule has 1 aromatic rings. The number of anilines is 1. The summed E-state index contributed by atoms with van der Waals surface area (Å²) in [4.78, 5) is 6.56. The van der Waals surface area contributed by atoms with Crippen molar-refractivity contribution in [1.82, 2.24) is 9.97 Å². The highest BCUT2D eigenvalue weighted by Crippen LogP contribution is 2.13. The number of hydrogen-bond acceptors (Lipinski definition) is 4. The molecule has 0 atom stereocenters. The Labute approximate surface area is 76.3 Å². The van der Waals surface area contributed by atoms with Crippen molar-refractivity contribution in [2.45, 2.75) is 19.3 Å². The summed E-state index contributed by atoms with van der Waals surface area (Å²) in [6.45, 7) is -6.74. The molecule has 1 aromatic heterocycles. The van der Waals surface area contributed by atoms with Crippen LogP contribution in [0.15, 0.2) is 12.3 Å². The molecule has 4 nitrogen and oxygen atoms in total. The van der Waals surface area contributed by atoms with Gasteiger partial charge in [-0.1, -0.05) is 0 Å². The number of rotatable bonds is 1. The first-order chi connectivity index (χ1) is 8.32. The third-order valence-electron chi connectivity index (χ3n) is 0.888. The molecular formula is C7H11N3O. The van der Waals surface area contributed by atoms with Gasteiger partial charge in [-0.2, -0.15) is 0 Å². The summed E-state index contributed by atoms with van der Waals surface area (Å²) >= 11 is 0. The van der Waals surface area contributed by atoms with Crippen molar-refractivity contribution in [2.24, 2.45) is 0 Å². The highest BCUT2D eigenvalue weighted by Gasteiger charge is 2.18. The second-order valence-electron chi connectivity index (χ2n) is 1.89. The van der Waals surface area contributed by atoms with Crippen LogP contribution >= 0.6 is 0 Å². The Morgan fingerprint density at radius 3 is 2.64 bits per heavy atom. The van der Waals surface area contributed by atoms with E-state index in [2.05, 4.69) is 9.97 Å². The Balaban J connectivity index is 3.62. The van der Waals surface area contributed by atoms with Crippen molar-refractivity contribution in [3.63, 3.8) is 0 Å². The maximum absolute atomic E-state index is 10.0. The summed E-state index contributed by atoms with van der Waals surface area (Å²) in [7, 11) is 0. The molecule has 11 heavy (non-hydrogen) atoms. The second kappa shape index (κ2) is 2.47. The minimum Gasteiger partial charge on any atom is -0.396 e. The lowest BCUT2D eigenvalue weighted by atomic mass is 10.1. The maximum Gasteiger partial charge on any atom is 0.159 e. The van der Waals surface area contributed by atoms with Gasteiger partial charge < -0.3 is 10.8 Å². The normalized spacial score (nSPS) is 24.5. The highest BCUT2D eigenvalue weighted by atomic mass is 16.3. The fraction of sp³-hybridized carbons (Fsp3) is 0.429. The topological polar surface area (TPSA) is 72.0 Å². The summed E-state index contributed by atoms with van der Waals surface area (Å²) in [6.07, 6.45) is -1.44. The minimum absolute atomic E-state index is 0.442. The van der Waals surface area contributed by atoms with E-state index >= 15 is 0 Å². The van der Waals surface area contributed by atoms with E-state index in [1.165, 1.54) is 0 Å². The van der Waals surface area contributed by atoms with Gasteiger partial charge in [-0.05, 0) is 13.7 Å². The zero-order chi connectivity index (χ0) is 15.2. The van der Waals surface area contributed by atoms with Crippen LogP contribution in [-0.4, -0.2) is 15.1 Å². The van der Waals surface area contributed by atoms with Gasteiger partial charge in [0.15, 0.2) is 5.82 Å². The Kier molecular flexibility index (Phi) is 0.542. The van der Waals surface area contributed by atoms with Crippen LogP contribution in [0.3, 0.4) is 0 Å². The number of aliphatic hydroxyl groups is 1.